The second-order valence-electron chi connectivity index (χ2n) is 4.40. The third kappa shape index (κ3) is 5.05. The standard InChI is InChI=1S/C15H17F3O4/c1-3-21-13(19)8-6-10-9-11(14(20)22-4-2)5-7-12(10)15(16,17)18/h5,7,9H,3-4,6,8H2,1-2H3. The molecule has 0 aliphatic rings. The molecular formula is C15H17F3O4. The number of alkyl halides is 3. The van der Waals surface area contributed by atoms with Gasteiger partial charge in [0.15, 0.2) is 0 Å². The molecule has 7 heteroatoms. The number of halogens is 3. The van der Waals surface area contributed by atoms with Crippen molar-refractivity contribution < 1.29 is 32.2 Å². The Morgan fingerprint density at radius 2 is 1.73 bits per heavy atom. The molecule has 22 heavy (non-hydrogen) atoms. The normalized spacial score (nSPS) is 11.1. The summed E-state index contributed by atoms with van der Waals surface area (Å²) in [6.07, 6.45) is -4.92. The van der Waals surface area contributed by atoms with Crippen LogP contribution in [0.1, 0.15) is 41.8 Å². The van der Waals surface area contributed by atoms with Crippen molar-refractivity contribution in [2.24, 2.45) is 0 Å². The minimum atomic E-state index is -4.56. The highest BCUT2D eigenvalue weighted by atomic mass is 19.4. The summed E-state index contributed by atoms with van der Waals surface area (Å²) >= 11 is 0. The van der Waals surface area contributed by atoms with Crippen LogP contribution in [-0.4, -0.2) is 25.2 Å². The van der Waals surface area contributed by atoms with Gasteiger partial charge in [0.25, 0.3) is 0 Å². The zero-order valence-electron chi connectivity index (χ0n) is 12.3. The summed E-state index contributed by atoms with van der Waals surface area (Å²) in [5, 5.41) is 0. The van der Waals surface area contributed by atoms with Crippen LogP contribution in [0.25, 0.3) is 0 Å². The van der Waals surface area contributed by atoms with E-state index in [0.29, 0.717) is 0 Å². The SMILES string of the molecule is CCOC(=O)CCc1cc(C(=O)OCC)ccc1C(F)(F)F. The Morgan fingerprint density at radius 1 is 1.09 bits per heavy atom. The molecular weight excluding hydrogens is 301 g/mol. The molecule has 0 heterocycles. The smallest absolute Gasteiger partial charge is 0.416 e. The van der Waals surface area contributed by atoms with E-state index >= 15 is 0 Å². The third-order valence-corrected chi connectivity index (χ3v) is 2.83. The fraction of sp³-hybridized carbons (Fsp3) is 0.467. The number of carbonyl (C=O) groups is 2. The predicted octanol–water partition coefficient (Wildman–Crippen LogP) is 3.38. The quantitative estimate of drug-likeness (QED) is 0.755. The van der Waals surface area contributed by atoms with Gasteiger partial charge in [0, 0.05) is 6.42 Å². The van der Waals surface area contributed by atoms with Crippen molar-refractivity contribution in [3.8, 4) is 0 Å². The third-order valence-electron chi connectivity index (χ3n) is 2.83. The second-order valence-corrected chi connectivity index (χ2v) is 4.40. The zero-order valence-corrected chi connectivity index (χ0v) is 12.3. The number of carbonyl (C=O) groups excluding carboxylic acids is 2. The monoisotopic (exact) mass is 318 g/mol. The Kier molecular flexibility index (Phi) is 6.39. The lowest BCUT2D eigenvalue weighted by Crippen LogP contribution is -2.13. The molecule has 0 bridgehead atoms. The summed E-state index contributed by atoms with van der Waals surface area (Å²) < 4.78 is 48.4. The van der Waals surface area contributed by atoms with Crippen molar-refractivity contribution in [2.45, 2.75) is 32.9 Å². The van der Waals surface area contributed by atoms with Gasteiger partial charge in [-0.15, -0.1) is 0 Å². The highest BCUT2D eigenvalue weighted by Crippen LogP contribution is 2.33. The highest BCUT2D eigenvalue weighted by Gasteiger charge is 2.33. The molecule has 1 aromatic carbocycles. The van der Waals surface area contributed by atoms with Crippen molar-refractivity contribution in [3.63, 3.8) is 0 Å². The first-order valence-electron chi connectivity index (χ1n) is 6.82. The topological polar surface area (TPSA) is 52.6 Å². The molecule has 0 atom stereocenters. The van der Waals surface area contributed by atoms with Crippen molar-refractivity contribution in [1.29, 1.82) is 0 Å². The van der Waals surface area contributed by atoms with E-state index in [-0.39, 0.29) is 37.2 Å². The molecule has 0 amide bonds. The summed E-state index contributed by atoms with van der Waals surface area (Å²) in [6, 6.07) is 3.00. The van der Waals surface area contributed by atoms with Gasteiger partial charge in [-0.05, 0) is 44.0 Å². The van der Waals surface area contributed by atoms with Crippen molar-refractivity contribution >= 4 is 11.9 Å². The molecule has 1 aromatic rings. The minimum Gasteiger partial charge on any atom is -0.466 e. The molecule has 122 valence electrons. The summed E-state index contributed by atoms with van der Waals surface area (Å²) in [4.78, 5) is 22.9. The Bertz CT molecular complexity index is 538. The number of aryl methyl sites for hydroxylation is 1. The first-order chi connectivity index (χ1) is 10.3. The van der Waals surface area contributed by atoms with Gasteiger partial charge in [0.1, 0.15) is 0 Å². The van der Waals surface area contributed by atoms with Crippen LogP contribution in [0, 0.1) is 0 Å². The summed E-state index contributed by atoms with van der Waals surface area (Å²) in [5.41, 5.74) is -0.982. The molecule has 0 aliphatic heterocycles. The van der Waals surface area contributed by atoms with Crippen LogP contribution in [0.2, 0.25) is 0 Å². The Balaban J connectivity index is 3.04. The fourth-order valence-electron chi connectivity index (χ4n) is 1.89. The average molecular weight is 318 g/mol. The van der Waals surface area contributed by atoms with E-state index in [2.05, 4.69) is 0 Å². The van der Waals surface area contributed by atoms with E-state index in [9.17, 15) is 22.8 Å². The molecule has 4 nitrogen and oxygen atoms in total. The van der Waals surface area contributed by atoms with Gasteiger partial charge in [-0.1, -0.05) is 0 Å². The maximum Gasteiger partial charge on any atom is 0.416 e. The predicted molar refractivity (Wildman–Crippen MR) is 72.4 cm³/mol. The minimum absolute atomic E-state index is 0.0220. The van der Waals surface area contributed by atoms with Gasteiger partial charge in [-0.2, -0.15) is 13.2 Å². The summed E-state index contributed by atoms with van der Waals surface area (Å²) in [5.74, 6) is -1.29. The lowest BCUT2D eigenvalue weighted by atomic mass is 9.99. The molecule has 0 aromatic heterocycles. The maximum atomic E-state index is 13.0. The van der Waals surface area contributed by atoms with E-state index in [1.54, 1.807) is 13.8 Å². The average Bonchev–Trinajstić information content (AvgIpc) is 2.44. The van der Waals surface area contributed by atoms with Gasteiger partial charge >= 0.3 is 18.1 Å². The van der Waals surface area contributed by atoms with Gasteiger partial charge < -0.3 is 9.47 Å². The summed E-state index contributed by atoms with van der Waals surface area (Å²) in [7, 11) is 0. The van der Waals surface area contributed by atoms with Crippen LogP contribution in [0.3, 0.4) is 0 Å². The fourth-order valence-corrected chi connectivity index (χ4v) is 1.89. The maximum absolute atomic E-state index is 13.0. The van der Waals surface area contributed by atoms with E-state index in [1.165, 1.54) is 0 Å². The zero-order chi connectivity index (χ0) is 16.8. The molecule has 0 saturated carbocycles. The lowest BCUT2D eigenvalue weighted by Gasteiger charge is -2.14. The first-order valence-corrected chi connectivity index (χ1v) is 6.82. The van der Waals surface area contributed by atoms with Crippen LogP contribution in [0.15, 0.2) is 18.2 Å². The molecule has 0 N–H and O–H groups in total. The Hall–Kier alpha value is -2.05. The highest BCUT2D eigenvalue weighted by molar-refractivity contribution is 5.89. The van der Waals surface area contributed by atoms with Crippen LogP contribution in [-0.2, 0) is 26.9 Å². The number of rotatable bonds is 6. The molecule has 0 spiro atoms. The number of hydrogen-bond donors (Lipinski definition) is 0. The molecule has 0 fully saturated rings. The number of hydrogen-bond acceptors (Lipinski definition) is 4. The van der Waals surface area contributed by atoms with E-state index < -0.39 is 23.7 Å². The molecule has 0 saturated heterocycles. The van der Waals surface area contributed by atoms with Crippen molar-refractivity contribution in [1.82, 2.24) is 0 Å². The Labute approximate surface area is 126 Å². The van der Waals surface area contributed by atoms with Crippen molar-refractivity contribution in [2.75, 3.05) is 13.2 Å². The largest absolute Gasteiger partial charge is 0.466 e. The molecule has 1 rings (SSSR count). The van der Waals surface area contributed by atoms with Crippen LogP contribution in [0.4, 0.5) is 13.2 Å². The van der Waals surface area contributed by atoms with E-state index in [0.717, 1.165) is 18.2 Å². The van der Waals surface area contributed by atoms with Gasteiger partial charge in [0.05, 0.1) is 24.3 Å². The molecule has 0 radical (unpaired) electrons. The van der Waals surface area contributed by atoms with Crippen LogP contribution in [0.5, 0.6) is 0 Å². The van der Waals surface area contributed by atoms with Gasteiger partial charge in [-0.3, -0.25) is 4.79 Å². The molecule has 0 aliphatic carbocycles. The van der Waals surface area contributed by atoms with E-state index in [4.69, 9.17) is 9.47 Å². The van der Waals surface area contributed by atoms with E-state index in [1.807, 2.05) is 0 Å². The Morgan fingerprint density at radius 3 is 2.27 bits per heavy atom. The van der Waals surface area contributed by atoms with Gasteiger partial charge in [0.2, 0.25) is 0 Å². The first kappa shape index (κ1) is 18.0. The number of esters is 2. The van der Waals surface area contributed by atoms with Crippen LogP contribution < -0.4 is 0 Å². The lowest BCUT2D eigenvalue weighted by molar-refractivity contribution is -0.144. The second kappa shape index (κ2) is 7.82. The van der Waals surface area contributed by atoms with Crippen LogP contribution >= 0.6 is 0 Å². The molecule has 0 unspecified atom stereocenters. The summed E-state index contributed by atoms with van der Waals surface area (Å²) in [6.45, 7) is 3.50. The van der Waals surface area contributed by atoms with Gasteiger partial charge in [-0.25, -0.2) is 4.79 Å². The van der Waals surface area contributed by atoms with Crippen molar-refractivity contribution in [3.05, 3.63) is 34.9 Å². The number of ether oxygens (including phenoxy) is 2. The number of benzene rings is 1.